The number of alkyl halides is 3. The van der Waals surface area contributed by atoms with Crippen molar-refractivity contribution in [2.75, 3.05) is 20.1 Å². The van der Waals surface area contributed by atoms with Gasteiger partial charge in [-0.1, -0.05) is 0 Å². The second kappa shape index (κ2) is 7.59. The monoisotopic (exact) mass is 419 g/mol. The van der Waals surface area contributed by atoms with Gasteiger partial charge in [0.1, 0.15) is 23.0 Å². The molecule has 0 atom stereocenters. The standard InChI is InChI=1S/C16H20F3N5O3S/c1-22(10-14-20-4-7-24(14)11-16(17,18)19)28(26,27)12-8-13(21-9-12)15(25)23-5-2-3-6-23/h4,7-9,21H,2-3,5-6,10-11H2,1H3. The first-order valence-electron chi connectivity index (χ1n) is 8.59. The van der Waals surface area contributed by atoms with Crippen molar-refractivity contribution in [1.82, 2.24) is 23.7 Å². The predicted molar refractivity (Wildman–Crippen MR) is 92.9 cm³/mol. The zero-order valence-electron chi connectivity index (χ0n) is 15.1. The molecule has 8 nitrogen and oxygen atoms in total. The van der Waals surface area contributed by atoms with Crippen molar-refractivity contribution in [3.05, 3.63) is 36.2 Å². The number of carbonyl (C=O) groups is 1. The van der Waals surface area contributed by atoms with Crippen LogP contribution >= 0.6 is 0 Å². The average Bonchev–Trinajstić information content (AvgIpc) is 3.35. The smallest absolute Gasteiger partial charge is 0.356 e. The van der Waals surface area contributed by atoms with Crippen LogP contribution in [0.2, 0.25) is 0 Å². The van der Waals surface area contributed by atoms with Gasteiger partial charge in [0.25, 0.3) is 5.91 Å². The molecular formula is C16H20F3N5O3S. The molecule has 2 aromatic rings. The summed E-state index contributed by atoms with van der Waals surface area (Å²) in [4.78, 5) is 20.4. The Hall–Kier alpha value is -2.34. The zero-order valence-corrected chi connectivity index (χ0v) is 15.9. The molecule has 154 valence electrons. The molecule has 0 unspecified atom stereocenters. The number of hydrogen-bond donors (Lipinski definition) is 1. The molecule has 1 fully saturated rings. The molecule has 2 aromatic heterocycles. The van der Waals surface area contributed by atoms with Crippen LogP contribution in [0.3, 0.4) is 0 Å². The second-order valence-corrected chi connectivity index (χ2v) is 8.64. The molecule has 1 N–H and O–H groups in total. The van der Waals surface area contributed by atoms with Crippen LogP contribution in [-0.2, 0) is 23.1 Å². The van der Waals surface area contributed by atoms with Gasteiger partial charge in [0.2, 0.25) is 10.0 Å². The van der Waals surface area contributed by atoms with Gasteiger partial charge in [0.05, 0.1) is 6.54 Å². The summed E-state index contributed by atoms with van der Waals surface area (Å²) < 4.78 is 65.1. The number of rotatable bonds is 6. The summed E-state index contributed by atoms with van der Waals surface area (Å²) in [6.45, 7) is -0.343. The van der Waals surface area contributed by atoms with E-state index in [0.717, 1.165) is 27.9 Å². The lowest BCUT2D eigenvalue weighted by Crippen LogP contribution is -2.29. The summed E-state index contributed by atoms with van der Waals surface area (Å²) in [6, 6.07) is 1.24. The van der Waals surface area contributed by atoms with Crippen molar-refractivity contribution in [3.63, 3.8) is 0 Å². The molecule has 1 amide bonds. The number of sulfonamides is 1. The van der Waals surface area contributed by atoms with E-state index in [4.69, 9.17) is 0 Å². The van der Waals surface area contributed by atoms with Crippen molar-refractivity contribution in [2.45, 2.75) is 37.0 Å². The molecule has 3 rings (SSSR count). The molecule has 0 saturated carbocycles. The molecule has 0 radical (unpaired) electrons. The summed E-state index contributed by atoms with van der Waals surface area (Å²) in [5.74, 6) is -0.311. The van der Waals surface area contributed by atoms with Gasteiger partial charge in [-0.15, -0.1) is 0 Å². The number of nitrogens with zero attached hydrogens (tertiary/aromatic N) is 4. The average molecular weight is 419 g/mol. The Morgan fingerprint density at radius 3 is 2.64 bits per heavy atom. The van der Waals surface area contributed by atoms with E-state index in [1.165, 1.54) is 25.5 Å². The highest BCUT2D eigenvalue weighted by atomic mass is 32.2. The van der Waals surface area contributed by atoms with Crippen molar-refractivity contribution >= 4 is 15.9 Å². The molecule has 28 heavy (non-hydrogen) atoms. The zero-order chi connectivity index (χ0) is 20.5. The fourth-order valence-electron chi connectivity index (χ4n) is 3.03. The maximum atomic E-state index is 12.7. The number of likely N-dealkylation sites (tertiary alicyclic amines) is 1. The highest BCUT2D eigenvalue weighted by Gasteiger charge is 2.30. The van der Waals surface area contributed by atoms with Crippen LogP contribution in [0.25, 0.3) is 0 Å². The van der Waals surface area contributed by atoms with Crippen LogP contribution < -0.4 is 0 Å². The van der Waals surface area contributed by atoms with Gasteiger partial charge >= 0.3 is 6.18 Å². The third kappa shape index (κ3) is 4.38. The molecular weight excluding hydrogens is 399 g/mol. The van der Waals surface area contributed by atoms with Crippen LogP contribution in [0.5, 0.6) is 0 Å². The first kappa shape index (κ1) is 20.4. The van der Waals surface area contributed by atoms with Crippen LogP contribution in [-0.4, -0.2) is 64.4 Å². The van der Waals surface area contributed by atoms with Crippen LogP contribution in [0.1, 0.15) is 29.2 Å². The van der Waals surface area contributed by atoms with E-state index < -0.39 is 22.7 Å². The summed E-state index contributed by atoms with van der Waals surface area (Å²) in [5.41, 5.74) is 0.160. The van der Waals surface area contributed by atoms with E-state index >= 15 is 0 Å². The van der Waals surface area contributed by atoms with Crippen molar-refractivity contribution in [2.24, 2.45) is 0 Å². The van der Waals surface area contributed by atoms with Crippen molar-refractivity contribution in [3.8, 4) is 0 Å². The Morgan fingerprint density at radius 2 is 2.00 bits per heavy atom. The number of nitrogens with one attached hydrogen (secondary N) is 1. The molecule has 0 aliphatic carbocycles. The molecule has 3 heterocycles. The van der Waals surface area contributed by atoms with Gasteiger partial charge in [-0.2, -0.15) is 17.5 Å². The lowest BCUT2D eigenvalue weighted by Gasteiger charge is -2.17. The highest BCUT2D eigenvalue weighted by Crippen LogP contribution is 2.22. The minimum absolute atomic E-state index is 0.0349. The molecule has 0 aromatic carbocycles. The van der Waals surface area contributed by atoms with E-state index in [-0.39, 0.29) is 28.9 Å². The van der Waals surface area contributed by atoms with Gasteiger partial charge in [0, 0.05) is 38.7 Å². The topological polar surface area (TPSA) is 91.3 Å². The summed E-state index contributed by atoms with van der Waals surface area (Å²) in [6.07, 6.45) is 0.905. The van der Waals surface area contributed by atoms with Crippen LogP contribution in [0.4, 0.5) is 13.2 Å². The number of amides is 1. The second-order valence-electron chi connectivity index (χ2n) is 6.60. The Labute approximate surface area is 160 Å². The molecule has 1 saturated heterocycles. The quantitative estimate of drug-likeness (QED) is 0.773. The fourth-order valence-corrected chi connectivity index (χ4v) is 4.15. The lowest BCUT2D eigenvalue weighted by molar-refractivity contribution is -0.141. The van der Waals surface area contributed by atoms with Crippen molar-refractivity contribution < 1.29 is 26.4 Å². The summed E-state index contributed by atoms with van der Waals surface area (Å²) in [5, 5.41) is 0. The first-order chi connectivity index (χ1) is 13.1. The van der Waals surface area contributed by atoms with Crippen LogP contribution in [0.15, 0.2) is 29.6 Å². The Kier molecular flexibility index (Phi) is 5.53. The lowest BCUT2D eigenvalue weighted by atomic mass is 10.4. The van der Waals surface area contributed by atoms with Crippen LogP contribution in [0, 0.1) is 0 Å². The number of imidazole rings is 1. The third-order valence-electron chi connectivity index (χ3n) is 4.50. The Morgan fingerprint density at radius 1 is 1.32 bits per heavy atom. The Balaban J connectivity index is 1.74. The van der Waals surface area contributed by atoms with Gasteiger partial charge < -0.3 is 14.5 Å². The van der Waals surface area contributed by atoms with E-state index in [2.05, 4.69) is 9.97 Å². The SMILES string of the molecule is CN(Cc1nccn1CC(F)(F)F)S(=O)(=O)c1c[nH]c(C(=O)N2CCCC2)c1. The first-order valence-corrected chi connectivity index (χ1v) is 10.0. The molecule has 1 aliphatic heterocycles. The van der Waals surface area contributed by atoms with E-state index in [1.54, 1.807) is 4.90 Å². The minimum atomic E-state index is -4.45. The predicted octanol–water partition coefficient (Wildman–Crippen LogP) is 1.83. The van der Waals surface area contributed by atoms with Gasteiger partial charge in [-0.3, -0.25) is 4.79 Å². The number of carbonyl (C=O) groups excluding carboxylic acids is 1. The van der Waals surface area contributed by atoms with E-state index in [0.29, 0.717) is 13.1 Å². The minimum Gasteiger partial charge on any atom is -0.356 e. The fraction of sp³-hybridized carbons (Fsp3) is 0.500. The number of H-pyrrole nitrogens is 1. The molecule has 1 aliphatic rings. The molecule has 12 heteroatoms. The molecule has 0 bridgehead atoms. The number of hydrogen-bond acceptors (Lipinski definition) is 4. The highest BCUT2D eigenvalue weighted by molar-refractivity contribution is 7.89. The Bertz CT molecular complexity index is 945. The molecule has 0 spiro atoms. The maximum Gasteiger partial charge on any atom is 0.406 e. The van der Waals surface area contributed by atoms with Gasteiger partial charge in [0.15, 0.2) is 0 Å². The van der Waals surface area contributed by atoms with Gasteiger partial charge in [-0.25, -0.2) is 13.4 Å². The van der Waals surface area contributed by atoms with Crippen molar-refractivity contribution in [1.29, 1.82) is 0 Å². The summed E-state index contributed by atoms with van der Waals surface area (Å²) >= 11 is 0. The largest absolute Gasteiger partial charge is 0.406 e. The summed E-state index contributed by atoms with van der Waals surface area (Å²) in [7, 11) is -2.77. The number of halogens is 3. The van der Waals surface area contributed by atoms with E-state index in [1.807, 2.05) is 0 Å². The van der Waals surface area contributed by atoms with Gasteiger partial charge in [-0.05, 0) is 18.9 Å². The number of aromatic amines is 1. The maximum absolute atomic E-state index is 12.7. The third-order valence-corrected chi connectivity index (χ3v) is 6.28. The number of aromatic nitrogens is 3. The normalized spacial score (nSPS) is 15.5. The van der Waals surface area contributed by atoms with E-state index in [9.17, 15) is 26.4 Å².